The lowest BCUT2D eigenvalue weighted by atomic mass is 10.3. The Hall–Kier alpha value is -3.09. The Morgan fingerprint density at radius 1 is 0.955 bits per heavy atom. The Morgan fingerprint density at radius 3 is 2.27 bits per heavy atom. The number of anilines is 1. The van der Waals surface area contributed by atoms with Gasteiger partial charge >= 0.3 is 0 Å². The summed E-state index contributed by atoms with van der Waals surface area (Å²) >= 11 is 0. The van der Waals surface area contributed by atoms with E-state index < -0.39 is 0 Å². The van der Waals surface area contributed by atoms with Crippen LogP contribution in [-0.2, 0) is 13.1 Å². The van der Waals surface area contributed by atoms with Crippen molar-refractivity contribution in [1.82, 2.24) is 15.5 Å². The Balaban J connectivity index is 1.53. The van der Waals surface area contributed by atoms with Gasteiger partial charge in [0.15, 0.2) is 5.69 Å². The zero-order valence-corrected chi connectivity index (χ0v) is 11.7. The summed E-state index contributed by atoms with van der Waals surface area (Å²) in [6.45, 7) is 0.817. The molecule has 0 aliphatic rings. The van der Waals surface area contributed by atoms with E-state index in [0.29, 0.717) is 24.7 Å². The maximum absolute atomic E-state index is 11.9. The topological polar surface area (TPSA) is 93.2 Å². The molecule has 0 spiro atoms. The second kappa shape index (κ2) is 6.57. The fourth-order valence-electron chi connectivity index (χ4n) is 1.81. The Bertz CT molecular complexity index is 706. The summed E-state index contributed by atoms with van der Waals surface area (Å²) in [7, 11) is 0. The molecule has 2 N–H and O–H groups in total. The molecule has 0 saturated carbocycles. The lowest BCUT2D eigenvalue weighted by Crippen LogP contribution is -2.24. The van der Waals surface area contributed by atoms with Crippen LogP contribution in [0.25, 0.3) is 0 Å². The number of hydrogen-bond donors (Lipinski definition) is 2. The molecule has 7 nitrogen and oxygen atoms in total. The van der Waals surface area contributed by atoms with Crippen molar-refractivity contribution in [3.05, 3.63) is 66.1 Å². The lowest BCUT2D eigenvalue weighted by molar-refractivity contribution is 0.0942. The molecule has 0 radical (unpaired) electrons. The number of nitrogens with zero attached hydrogens (tertiary/aromatic N) is 2. The maximum atomic E-state index is 11.9. The fourth-order valence-corrected chi connectivity index (χ4v) is 1.81. The summed E-state index contributed by atoms with van der Waals surface area (Å²) in [6, 6.07) is 10.5. The van der Waals surface area contributed by atoms with Gasteiger partial charge in [0.25, 0.3) is 5.91 Å². The smallest absolute Gasteiger partial charge is 0.272 e. The van der Waals surface area contributed by atoms with Crippen molar-refractivity contribution in [3.63, 3.8) is 0 Å². The summed E-state index contributed by atoms with van der Waals surface area (Å²) in [5.74, 6) is 1.74. The molecular weight excluding hydrogens is 284 g/mol. The molecular formula is C15H14N4O3. The van der Waals surface area contributed by atoms with Crippen LogP contribution in [0.1, 0.15) is 22.0 Å². The van der Waals surface area contributed by atoms with Crippen LogP contribution < -0.4 is 10.6 Å². The van der Waals surface area contributed by atoms with Gasteiger partial charge in [-0.15, -0.1) is 10.2 Å². The number of furan rings is 2. The van der Waals surface area contributed by atoms with E-state index in [1.807, 2.05) is 12.1 Å². The molecule has 22 heavy (non-hydrogen) atoms. The normalized spacial score (nSPS) is 10.4. The van der Waals surface area contributed by atoms with E-state index >= 15 is 0 Å². The van der Waals surface area contributed by atoms with Crippen LogP contribution >= 0.6 is 0 Å². The molecule has 0 fully saturated rings. The maximum Gasteiger partial charge on any atom is 0.272 e. The molecule has 0 aliphatic heterocycles. The van der Waals surface area contributed by atoms with Crippen LogP contribution in [0.15, 0.2) is 57.8 Å². The number of rotatable bonds is 6. The molecule has 3 heterocycles. The van der Waals surface area contributed by atoms with Gasteiger partial charge in [0.1, 0.15) is 17.3 Å². The van der Waals surface area contributed by atoms with Crippen LogP contribution in [0, 0.1) is 0 Å². The van der Waals surface area contributed by atoms with E-state index in [1.54, 1.807) is 36.8 Å². The average Bonchev–Trinajstić information content (AvgIpc) is 3.24. The van der Waals surface area contributed by atoms with Crippen molar-refractivity contribution >= 4 is 11.7 Å². The predicted molar refractivity (Wildman–Crippen MR) is 77.9 cm³/mol. The molecule has 3 aromatic rings. The van der Waals surface area contributed by atoms with E-state index in [4.69, 9.17) is 8.83 Å². The van der Waals surface area contributed by atoms with Crippen LogP contribution in [0.5, 0.6) is 0 Å². The standard InChI is InChI=1S/C15H14N4O3/c20-15(17-10-12-4-2-8-22-12)13-5-6-14(19-18-13)16-9-11-3-1-7-21-11/h1-8H,9-10H2,(H,16,19)(H,17,20). The van der Waals surface area contributed by atoms with Gasteiger partial charge in [0.05, 0.1) is 25.6 Å². The van der Waals surface area contributed by atoms with Crippen molar-refractivity contribution in [2.45, 2.75) is 13.1 Å². The quantitative estimate of drug-likeness (QED) is 0.724. The second-order valence-corrected chi connectivity index (χ2v) is 4.50. The highest BCUT2D eigenvalue weighted by Crippen LogP contribution is 2.07. The number of carbonyl (C=O) groups excluding carboxylic acids is 1. The first-order chi connectivity index (χ1) is 10.8. The molecule has 0 atom stereocenters. The zero-order valence-electron chi connectivity index (χ0n) is 11.7. The fraction of sp³-hybridized carbons (Fsp3) is 0.133. The van der Waals surface area contributed by atoms with Gasteiger partial charge in [0, 0.05) is 0 Å². The third kappa shape index (κ3) is 3.51. The Kier molecular flexibility index (Phi) is 4.15. The van der Waals surface area contributed by atoms with E-state index in [2.05, 4.69) is 20.8 Å². The lowest BCUT2D eigenvalue weighted by Gasteiger charge is -2.04. The summed E-state index contributed by atoms with van der Waals surface area (Å²) in [4.78, 5) is 11.9. The predicted octanol–water partition coefficient (Wildman–Crippen LogP) is 2.20. The van der Waals surface area contributed by atoms with Crippen LogP contribution in [0.4, 0.5) is 5.82 Å². The van der Waals surface area contributed by atoms with Gasteiger partial charge < -0.3 is 19.5 Å². The molecule has 0 aromatic carbocycles. The van der Waals surface area contributed by atoms with Crippen molar-refractivity contribution in [3.8, 4) is 0 Å². The summed E-state index contributed by atoms with van der Waals surface area (Å²) in [5.41, 5.74) is 0.245. The first-order valence-corrected chi connectivity index (χ1v) is 6.72. The van der Waals surface area contributed by atoms with Crippen LogP contribution in [0.2, 0.25) is 0 Å². The van der Waals surface area contributed by atoms with Gasteiger partial charge in [-0.3, -0.25) is 4.79 Å². The number of hydrogen-bond acceptors (Lipinski definition) is 6. The number of carbonyl (C=O) groups is 1. The highest BCUT2D eigenvalue weighted by molar-refractivity contribution is 5.92. The van der Waals surface area contributed by atoms with Crippen molar-refractivity contribution in [1.29, 1.82) is 0 Å². The third-order valence-corrected chi connectivity index (χ3v) is 2.92. The monoisotopic (exact) mass is 298 g/mol. The molecule has 0 bridgehead atoms. The van der Waals surface area contributed by atoms with Gasteiger partial charge in [-0.05, 0) is 36.4 Å². The van der Waals surface area contributed by atoms with Crippen molar-refractivity contribution in [2.24, 2.45) is 0 Å². The first-order valence-electron chi connectivity index (χ1n) is 6.72. The van der Waals surface area contributed by atoms with Crippen molar-refractivity contribution < 1.29 is 13.6 Å². The van der Waals surface area contributed by atoms with Gasteiger partial charge in [-0.1, -0.05) is 0 Å². The molecule has 3 aromatic heterocycles. The van der Waals surface area contributed by atoms with E-state index in [-0.39, 0.29) is 11.6 Å². The second-order valence-electron chi connectivity index (χ2n) is 4.50. The Labute approximate surface area is 126 Å². The minimum Gasteiger partial charge on any atom is -0.467 e. The summed E-state index contributed by atoms with van der Waals surface area (Å²) in [6.07, 6.45) is 3.16. The summed E-state index contributed by atoms with van der Waals surface area (Å²) < 4.78 is 10.3. The molecule has 0 saturated heterocycles. The van der Waals surface area contributed by atoms with Crippen LogP contribution in [0.3, 0.4) is 0 Å². The highest BCUT2D eigenvalue weighted by atomic mass is 16.3. The largest absolute Gasteiger partial charge is 0.467 e. The molecule has 3 rings (SSSR count). The van der Waals surface area contributed by atoms with Gasteiger partial charge in [-0.2, -0.15) is 0 Å². The number of aromatic nitrogens is 2. The molecule has 1 amide bonds. The molecule has 112 valence electrons. The molecule has 7 heteroatoms. The number of amides is 1. The summed E-state index contributed by atoms with van der Waals surface area (Å²) in [5, 5.41) is 13.6. The van der Waals surface area contributed by atoms with Crippen LogP contribution in [-0.4, -0.2) is 16.1 Å². The van der Waals surface area contributed by atoms with E-state index in [0.717, 1.165) is 5.76 Å². The Morgan fingerprint density at radius 2 is 1.68 bits per heavy atom. The minimum atomic E-state index is -0.304. The highest BCUT2D eigenvalue weighted by Gasteiger charge is 2.08. The molecule has 0 unspecified atom stereocenters. The number of nitrogens with one attached hydrogen (secondary N) is 2. The zero-order chi connectivity index (χ0) is 15.2. The van der Waals surface area contributed by atoms with E-state index in [1.165, 1.54) is 0 Å². The SMILES string of the molecule is O=C(NCc1ccco1)c1ccc(NCc2ccco2)nn1. The minimum absolute atomic E-state index is 0.245. The van der Waals surface area contributed by atoms with Gasteiger partial charge in [0.2, 0.25) is 0 Å². The van der Waals surface area contributed by atoms with Gasteiger partial charge in [-0.25, -0.2) is 0 Å². The molecule has 0 aliphatic carbocycles. The van der Waals surface area contributed by atoms with Crippen molar-refractivity contribution in [2.75, 3.05) is 5.32 Å². The third-order valence-electron chi connectivity index (χ3n) is 2.92. The first kappa shape index (κ1) is 13.9. The van der Waals surface area contributed by atoms with E-state index in [9.17, 15) is 4.79 Å². The average molecular weight is 298 g/mol.